The van der Waals surface area contributed by atoms with Gasteiger partial charge in [0, 0.05) is 25.2 Å². The summed E-state index contributed by atoms with van der Waals surface area (Å²) in [6.45, 7) is 8.55. The van der Waals surface area contributed by atoms with Crippen LogP contribution >= 0.6 is 0 Å². The average molecular weight is 423 g/mol. The van der Waals surface area contributed by atoms with E-state index in [4.69, 9.17) is 9.15 Å². The number of carbonyl (C=O) groups excluding carboxylic acids is 1. The van der Waals surface area contributed by atoms with Crippen molar-refractivity contribution in [2.75, 3.05) is 41.8 Å². The highest BCUT2D eigenvalue weighted by molar-refractivity contribution is 6.03. The maximum atomic E-state index is 12.6. The first-order valence-electron chi connectivity index (χ1n) is 10.2. The fraction of sp³-hybridized carbons (Fsp3) is 0.381. The van der Waals surface area contributed by atoms with Crippen molar-refractivity contribution in [2.24, 2.45) is 0 Å². The largest absolute Gasteiger partial charge is 0.418 e. The van der Waals surface area contributed by atoms with Gasteiger partial charge in [0.25, 0.3) is 5.91 Å². The van der Waals surface area contributed by atoms with Crippen LogP contribution in [-0.2, 0) is 11.2 Å². The molecule has 0 spiro atoms. The van der Waals surface area contributed by atoms with Gasteiger partial charge in [0.05, 0.1) is 19.4 Å². The van der Waals surface area contributed by atoms with E-state index in [9.17, 15) is 4.79 Å². The quantitative estimate of drug-likeness (QED) is 0.617. The molecule has 3 aromatic rings. The number of para-hydroxylation sites is 1. The number of nitrogens with zero attached hydrogens (tertiary/aromatic N) is 5. The summed E-state index contributed by atoms with van der Waals surface area (Å²) in [4.78, 5) is 32.2. The highest BCUT2D eigenvalue weighted by Crippen LogP contribution is 2.22. The molecule has 0 atom stereocenters. The van der Waals surface area contributed by atoms with Crippen LogP contribution in [0, 0.1) is 13.8 Å². The third-order valence-electron chi connectivity index (χ3n) is 4.95. The maximum absolute atomic E-state index is 12.6. The van der Waals surface area contributed by atoms with Gasteiger partial charge in [-0.2, -0.15) is 15.0 Å². The van der Waals surface area contributed by atoms with E-state index >= 15 is 0 Å². The Morgan fingerprint density at radius 3 is 2.58 bits per heavy atom. The number of morpholine rings is 1. The molecule has 2 N–H and O–H groups in total. The van der Waals surface area contributed by atoms with Crippen molar-refractivity contribution < 1.29 is 13.9 Å². The first-order chi connectivity index (χ1) is 15.0. The Morgan fingerprint density at radius 2 is 1.87 bits per heavy atom. The molecule has 1 fully saturated rings. The van der Waals surface area contributed by atoms with Crippen molar-refractivity contribution in [1.29, 1.82) is 0 Å². The number of benzene rings is 1. The molecule has 1 saturated heterocycles. The summed E-state index contributed by atoms with van der Waals surface area (Å²) in [5, 5.41) is 5.82. The van der Waals surface area contributed by atoms with Crippen LogP contribution in [0.1, 0.15) is 34.4 Å². The molecule has 4 rings (SSSR count). The van der Waals surface area contributed by atoms with E-state index in [0.717, 1.165) is 16.8 Å². The van der Waals surface area contributed by atoms with Crippen LogP contribution in [-0.4, -0.2) is 52.1 Å². The summed E-state index contributed by atoms with van der Waals surface area (Å²) in [7, 11) is 0. The number of aromatic nitrogens is 4. The summed E-state index contributed by atoms with van der Waals surface area (Å²) in [6.07, 6.45) is 2.03. The van der Waals surface area contributed by atoms with Crippen LogP contribution in [0.5, 0.6) is 0 Å². The summed E-state index contributed by atoms with van der Waals surface area (Å²) in [5.74, 6) is 1.26. The second-order valence-electron chi connectivity index (χ2n) is 7.20. The van der Waals surface area contributed by atoms with E-state index in [0.29, 0.717) is 50.4 Å². The zero-order valence-electron chi connectivity index (χ0n) is 17.8. The molecule has 162 valence electrons. The lowest BCUT2D eigenvalue weighted by molar-refractivity contribution is 0.0997. The number of amides is 1. The SMILES string of the molecule is CCc1nc(Nc2ncc(C(=O)Nc3c(C)cccc3C)o2)nc(N2CCOCC2)n1. The van der Waals surface area contributed by atoms with Gasteiger partial charge >= 0.3 is 6.01 Å². The highest BCUT2D eigenvalue weighted by atomic mass is 16.5. The van der Waals surface area contributed by atoms with Crippen LogP contribution in [0.4, 0.5) is 23.6 Å². The van der Waals surface area contributed by atoms with Crippen LogP contribution in [0.2, 0.25) is 0 Å². The molecule has 0 unspecified atom stereocenters. The summed E-state index contributed by atoms with van der Waals surface area (Å²) in [5.41, 5.74) is 2.71. The lowest BCUT2D eigenvalue weighted by atomic mass is 10.1. The van der Waals surface area contributed by atoms with Gasteiger partial charge in [-0.3, -0.25) is 10.1 Å². The van der Waals surface area contributed by atoms with Crippen molar-refractivity contribution in [3.63, 3.8) is 0 Å². The van der Waals surface area contributed by atoms with Gasteiger partial charge in [-0.15, -0.1) is 0 Å². The Kier molecular flexibility index (Phi) is 6.08. The first kappa shape index (κ1) is 20.7. The number of carbonyl (C=O) groups is 1. The average Bonchev–Trinajstić information content (AvgIpc) is 3.25. The van der Waals surface area contributed by atoms with Crippen LogP contribution < -0.4 is 15.5 Å². The fourth-order valence-electron chi connectivity index (χ4n) is 3.25. The van der Waals surface area contributed by atoms with Crippen molar-refractivity contribution in [1.82, 2.24) is 19.9 Å². The molecular weight excluding hydrogens is 398 g/mol. The zero-order chi connectivity index (χ0) is 21.8. The molecule has 1 aliphatic heterocycles. The first-order valence-corrected chi connectivity index (χ1v) is 10.2. The number of hydrogen-bond acceptors (Lipinski definition) is 9. The number of anilines is 4. The Balaban J connectivity index is 1.50. The molecule has 2 aromatic heterocycles. The predicted octanol–water partition coefficient (Wildman–Crippen LogP) is 2.87. The molecular formula is C21H25N7O3. The van der Waals surface area contributed by atoms with E-state index in [1.807, 2.05) is 39.0 Å². The second kappa shape index (κ2) is 9.09. The minimum Gasteiger partial charge on any atom is -0.418 e. The highest BCUT2D eigenvalue weighted by Gasteiger charge is 2.18. The van der Waals surface area contributed by atoms with Crippen molar-refractivity contribution in [2.45, 2.75) is 27.2 Å². The minimum atomic E-state index is -0.378. The van der Waals surface area contributed by atoms with Gasteiger partial charge in [-0.25, -0.2) is 4.98 Å². The fourth-order valence-corrected chi connectivity index (χ4v) is 3.25. The number of oxazole rings is 1. The van der Waals surface area contributed by atoms with Crippen LogP contribution in [0.3, 0.4) is 0 Å². The number of aryl methyl sites for hydroxylation is 3. The molecule has 10 heteroatoms. The van der Waals surface area contributed by atoms with Gasteiger partial charge in [-0.05, 0) is 25.0 Å². The van der Waals surface area contributed by atoms with Gasteiger partial charge in [0.2, 0.25) is 17.7 Å². The minimum absolute atomic E-state index is 0.0864. The summed E-state index contributed by atoms with van der Waals surface area (Å²) < 4.78 is 11.0. The Morgan fingerprint density at radius 1 is 1.13 bits per heavy atom. The van der Waals surface area contributed by atoms with Crippen LogP contribution in [0.15, 0.2) is 28.8 Å². The van der Waals surface area contributed by atoms with Gasteiger partial charge in [0.1, 0.15) is 5.82 Å². The monoisotopic (exact) mass is 423 g/mol. The summed E-state index contributed by atoms with van der Waals surface area (Å²) >= 11 is 0. The second-order valence-corrected chi connectivity index (χ2v) is 7.20. The van der Waals surface area contributed by atoms with Crippen LogP contribution in [0.25, 0.3) is 0 Å². The smallest absolute Gasteiger partial charge is 0.302 e. The maximum Gasteiger partial charge on any atom is 0.302 e. The van der Waals surface area contributed by atoms with E-state index in [1.54, 1.807) is 0 Å². The number of ether oxygens (including phenoxy) is 1. The molecule has 1 amide bonds. The van der Waals surface area contributed by atoms with E-state index < -0.39 is 0 Å². The molecule has 1 aliphatic rings. The molecule has 0 saturated carbocycles. The van der Waals surface area contributed by atoms with E-state index in [1.165, 1.54) is 6.20 Å². The molecule has 1 aromatic carbocycles. The van der Waals surface area contributed by atoms with Gasteiger partial charge < -0.3 is 19.4 Å². The van der Waals surface area contributed by atoms with Gasteiger partial charge in [-0.1, -0.05) is 25.1 Å². The molecule has 3 heterocycles. The Bertz CT molecular complexity index is 1060. The third-order valence-corrected chi connectivity index (χ3v) is 4.95. The topological polar surface area (TPSA) is 118 Å². The Hall–Kier alpha value is -3.53. The van der Waals surface area contributed by atoms with Crippen molar-refractivity contribution >= 4 is 29.5 Å². The lowest BCUT2D eigenvalue weighted by Crippen LogP contribution is -2.37. The molecule has 0 aliphatic carbocycles. The predicted molar refractivity (Wildman–Crippen MR) is 116 cm³/mol. The van der Waals surface area contributed by atoms with Crippen molar-refractivity contribution in [3.8, 4) is 0 Å². The summed E-state index contributed by atoms with van der Waals surface area (Å²) in [6, 6.07) is 5.96. The number of nitrogens with one attached hydrogen (secondary N) is 2. The number of rotatable bonds is 6. The normalized spacial score (nSPS) is 13.8. The molecule has 31 heavy (non-hydrogen) atoms. The van der Waals surface area contributed by atoms with Crippen molar-refractivity contribution in [3.05, 3.63) is 47.1 Å². The molecule has 0 bridgehead atoms. The van der Waals surface area contributed by atoms with Gasteiger partial charge in [0.15, 0.2) is 0 Å². The van der Waals surface area contributed by atoms with E-state index in [-0.39, 0.29) is 17.7 Å². The standard InChI is InChI=1S/C21H25N7O3/c1-4-16-23-19(26-20(24-16)28-8-10-30-11-9-28)27-21-22-12-15(31-21)18(29)25-17-13(2)6-5-7-14(17)3/h5-7,12H,4,8-11H2,1-3H3,(H,25,29)(H,22,23,24,26,27). The Labute approximate surface area is 180 Å². The van der Waals surface area contributed by atoms with E-state index in [2.05, 4.69) is 35.5 Å². The lowest BCUT2D eigenvalue weighted by Gasteiger charge is -2.27. The zero-order valence-corrected chi connectivity index (χ0v) is 17.8. The number of hydrogen-bond donors (Lipinski definition) is 2. The molecule has 10 nitrogen and oxygen atoms in total. The molecule has 0 radical (unpaired) electrons. The third kappa shape index (κ3) is 4.80.